The first kappa shape index (κ1) is 9.94. The van der Waals surface area contributed by atoms with Crippen LogP contribution in [0, 0.1) is 11.8 Å². The van der Waals surface area contributed by atoms with Crippen LogP contribution in [-0.4, -0.2) is 18.9 Å². The molecule has 0 aromatic heterocycles. The second-order valence-electron chi connectivity index (χ2n) is 2.53. The minimum absolute atomic E-state index is 0.350. The second-order valence-corrected chi connectivity index (χ2v) is 2.53. The van der Waals surface area contributed by atoms with E-state index in [1.54, 1.807) is 13.8 Å². The molecule has 1 unspecified atom stereocenters. The third-order valence-corrected chi connectivity index (χ3v) is 1.37. The van der Waals surface area contributed by atoms with Crippen molar-refractivity contribution in [2.45, 2.75) is 13.8 Å². The molecule has 0 saturated carbocycles. The van der Waals surface area contributed by atoms with Gasteiger partial charge in [0.2, 0.25) is 11.8 Å². The molecular formula is C7H13N2O2. The summed E-state index contributed by atoms with van der Waals surface area (Å²) >= 11 is 0. The van der Waals surface area contributed by atoms with Gasteiger partial charge in [0.1, 0.15) is 5.92 Å². The summed E-state index contributed by atoms with van der Waals surface area (Å²) in [6.07, 6.45) is 0. The summed E-state index contributed by atoms with van der Waals surface area (Å²) < 4.78 is 0. The van der Waals surface area contributed by atoms with Gasteiger partial charge in [-0.3, -0.25) is 9.59 Å². The zero-order valence-electron chi connectivity index (χ0n) is 6.97. The first-order valence-corrected chi connectivity index (χ1v) is 3.31. The van der Waals surface area contributed by atoms with E-state index in [0.717, 1.165) is 0 Å². The van der Waals surface area contributed by atoms with E-state index in [1.165, 1.54) is 7.05 Å². The van der Waals surface area contributed by atoms with Crippen molar-refractivity contribution in [3.05, 3.63) is 5.92 Å². The van der Waals surface area contributed by atoms with E-state index in [-0.39, 0.29) is 5.91 Å². The average molecular weight is 157 g/mol. The number of rotatable bonds is 3. The number of hydrogen-bond donors (Lipinski definition) is 2. The highest BCUT2D eigenvalue weighted by Gasteiger charge is 2.26. The van der Waals surface area contributed by atoms with Crippen molar-refractivity contribution in [2.75, 3.05) is 7.05 Å². The Kier molecular flexibility index (Phi) is 3.57. The molecule has 3 N–H and O–H groups in total. The van der Waals surface area contributed by atoms with E-state index in [9.17, 15) is 9.59 Å². The molecule has 0 aromatic carbocycles. The summed E-state index contributed by atoms with van der Waals surface area (Å²) in [4.78, 5) is 21.6. The summed E-state index contributed by atoms with van der Waals surface area (Å²) in [5.41, 5.74) is 4.99. The van der Waals surface area contributed by atoms with Crippen molar-refractivity contribution in [1.82, 2.24) is 5.32 Å². The van der Waals surface area contributed by atoms with E-state index < -0.39 is 11.8 Å². The van der Waals surface area contributed by atoms with E-state index in [1.807, 2.05) is 0 Å². The number of hydrogen-bond acceptors (Lipinski definition) is 2. The van der Waals surface area contributed by atoms with E-state index >= 15 is 0 Å². The second kappa shape index (κ2) is 3.95. The Morgan fingerprint density at radius 3 is 1.91 bits per heavy atom. The van der Waals surface area contributed by atoms with Gasteiger partial charge in [0.05, 0.1) is 0 Å². The SMILES string of the molecule is CNC(=O)C([C](C)C)C(N)=O. The quantitative estimate of drug-likeness (QED) is 0.539. The van der Waals surface area contributed by atoms with Crippen LogP contribution in [0.4, 0.5) is 0 Å². The maximum absolute atomic E-state index is 11.0. The van der Waals surface area contributed by atoms with Crippen LogP contribution in [0.15, 0.2) is 0 Å². The van der Waals surface area contributed by atoms with Gasteiger partial charge in [0.15, 0.2) is 0 Å². The number of primary amides is 1. The number of nitrogens with two attached hydrogens (primary N) is 1. The molecule has 0 saturated heterocycles. The molecule has 0 aliphatic heterocycles. The molecule has 1 radical (unpaired) electrons. The predicted octanol–water partition coefficient (Wildman–Crippen LogP) is -0.552. The molecule has 0 spiro atoms. The van der Waals surface area contributed by atoms with Gasteiger partial charge >= 0.3 is 0 Å². The van der Waals surface area contributed by atoms with E-state index in [4.69, 9.17) is 5.73 Å². The molecule has 0 fully saturated rings. The van der Waals surface area contributed by atoms with Crippen molar-refractivity contribution >= 4 is 11.8 Å². The lowest BCUT2D eigenvalue weighted by molar-refractivity contribution is -0.132. The van der Waals surface area contributed by atoms with Crippen molar-refractivity contribution in [3.63, 3.8) is 0 Å². The first-order valence-electron chi connectivity index (χ1n) is 3.31. The van der Waals surface area contributed by atoms with Crippen LogP contribution in [0.25, 0.3) is 0 Å². The lowest BCUT2D eigenvalue weighted by Crippen LogP contribution is -2.39. The summed E-state index contributed by atoms with van der Waals surface area (Å²) in [6.45, 7) is 3.40. The lowest BCUT2D eigenvalue weighted by atomic mass is 9.94. The Bertz CT molecular complexity index is 166. The summed E-state index contributed by atoms with van der Waals surface area (Å²) in [6, 6.07) is 0. The molecule has 2 amide bonds. The van der Waals surface area contributed by atoms with Crippen LogP contribution in [0.1, 0.15) is 13.8 Å². The predicted molar refractivity (Wildman–Crippen MR) is 41.3 cm³/mol. The molecule has 11 heavy (non-hydrogen) atoms. The molecule has 0 aliphatic rings. The Labute approximate surface area is 66.1 Å². The number of amides is 2. The maximum atomic E-state index is 11.0. The smallest absolute Gasteiger partial charge is 0.232 e. The summed E-state index contributed by atoms with van der Waals surface area (Å²) in [5.74, 6) is -1.04. The highest BCUT2D eigenvalue weighted by molar-refractivity contribution is 6.01. The normalized spacial score (nSPS) is 12.7. The Morgan fingerprint density at radius 2 is 1.82 bits per heavy atom. The number of nitrogens with one attached hydrogen (secondary N) is 1. The molecule has 4 nitrogen and oxygen atoms in total. The molecule has 0 aromatic rings. The van der Waals surface area contributed by atoms with Crippen LogP contribution in [0.2, 0.25) is 0 Å². The molecule has 63 valence electrons. The molecular weight excluding hydrogens is 144 g/mol. The highest BCUT2D eigenvalue weighted by Crippen LogP contribution is 2.11. The van der Waals surface area contributed by atoms with Gasteiger partial charge < -0.3 is 11.1 Å². The third-order valence-electron chi connectivity index (χ3n) is 1.37. The Hall–Kier alpha value is -1.06. The minimum atomic E-state index is -0.792. The fourth-order valence-corrected chi connectivity index (χ4v) is 0.820. The van der Waals surface area contributed by atoms with Crippen LogP contribution in [-0.2, 0) is 9.59 Å². The minimum Gasteiger partial charge on any atom is -0.369 e. The zero-order chi connectivity index (χ0) is 9.02. The molecule has 0 bridgehead atoms. The topological polar surface area (TPSA) is 72.2 Å². The van der Waals surface area contributed by atoms with E-state index in [0.29, 0.717) is 5.92 Å². The monoisotopic (exact) mass is 157 g/mol. The van der Waals surface area contributed by atoms with Gasteiger partial charge in [0.25, 0.3) is 0 Å². The van der Waals surface area contributed by atoms with Crippen LogP contribution in [0.3, 0.4) is 0 Å². The highest BCUT2D eigenvalue weighted by atomic mass is 16.2. The van der Waals surface area contributed by atoms with Gasteiger partial charge in [-0.05, 0) is 5.92 Å². The Balaban J connectivity index is 4.34. The van der Waals surface area contributed by atoms with E-state index in [2.05, 4.69) is 5.32 Å². The molecule has 1 atom stereocenters. The molecule has 4 heteroatoms. The van der Waals surface area contributed by atoms with Crippen molar-refractivity contribution in [3.8, 4) is 0 Å². The largest absolute Gasteiger partial charge is 0.369 e. The van der Waals surface area contributed by atoms with Crippen LogP contribution in [0.5, 0.6) is 0 Å². The Morgan fingerprint density at radius 1 is 1.36 bits per heavy atom. The maximum Gasteiger partial charge on any atom is 0.232 e. The summed E-state index contributed by atoms with van der Waals surface area (Å²) in [7, 11) is 1.47. The van der Waals surface area contributed by atoms with Gasteiger partial charge in [-0.25, -0.2) is 0 Å². The standard InChI is InChI=1S/C7H13N2O2/c1-4(2)5(6(8)10)7(11)9-3/h5H,1-3H3,(H2,8,10)(H,9,11). The van der Waals surface area contributed by atoms with Gasteiger partial charge in [-0.1, -0.05) is 13.8 Å². The van der Waals surface area contributed by atoms with Crippen molar-refractivity contribution < 1.29 is 9.59 Å². The number of carbonyl (C=O) groups is 2. The molecule has 0 aliphatic carbocycles. The van der Waals surface area contributed by atoms with Gasteiger partial charge in [0, 0.05) is 7.05 Å². The molecule has 0 heterocycles. The fraction of sp³-hybridized carbons (Fsp3) is 0.571. The van der Waals surface area contributed by atoms with Crippen molar-refractivity contribution in [1.29, 1.82) is 0 Å². The van der Waals surface area contributed by atoms with Gasteiger partial charge in [-0.2, -0.15) is 0 Å². The first-order chi connectivity index (χ1) is 5.00. The zero-order valence-corrected chi connectivity index (χ0v) is 6.97. The lowest BCUT2D eigenvalue weighted by Gasteiger charge is -2.13. The van der Waals surface area contributed by atoms with Crippen LogP contribution >= 0.6 is 0 Å². The third kappa shape index (κ3) is 2.57. The fourth-order valence-electron chi connectivity index (χ4n) is 0.820. The average Bonchev–Trinajstić information content (AvgIpc) is 1.85. The van der Waals surface area contributed by atoms with Gasteiger partial charge in [-0.15, -0.1) is 0 Å². The van der Waals surface area contributed by atoms with Crippen molar-refractivity contribution in [2.24, 2.45) is 11.7 Å². The summed E-state index contributed by atoms with van der Waals surface area (Å²) in [5, 5.41) is 2.37. The van der Waals surface area contributed by atoms with Crippen LogP contribution < -0.4 is 11.1 Å². The molecule has 0 rings (SSSR count). The number of carbonyl (C=O) groups excluding carboxylic acids is 2.